The predicted molar refractivity (Wildman–Crippen MR) is 220 cm³/mol. The summed E-state index contributed by atoms with van der Waals surface area (Å²) in [6.45, 7) is 9.90. The van der Waals surface area contributed by atoms with Crippen LogP contribution in [0.2, 0.25) is 0 Å². The van der Waals surface area contributed by atoms with Crippen molar-refractivity contribution in [2.24, 2.45) is 0 Å². The quantitative estimate of drug-likeness (QED) is 0.137. The molecule has 4 aromatic heterocycles. The first kappa shape index (κ1) is 31.1. The first-order chi connectivity index (χ1) is 25.0. The molecular weight excluding hydrogens is 642 g/mol. The summed E-state index contributed by atoms with van der Waals surface area (Å²) in [6.07, 6.45) is 3.59. The fraction of sp³-hybridized carbons (Fsp3) is 0.0652. The molecular formula is C46H36N3OP. The summed E-state index contributed by atoms with van der Waals surface area (Å²) in [7, 11) is -0.313. The normalized spacial score (nSPS) is 11.7. The Labute approximate surface area is 297 Å². The number of furan rings is 1. The highest BCUT2D eigenvalue weighted by Crippen LogP contribution is 2.42. The number of fused-ring (bicyclic) bond motifs is 9. The van der Waals surface area contributed by atoms with Gasteiger partial charge in [0.1, 0.15) is 5.58 Å². The van der Waals surface area contributed by atoms with E-state index in [1.54, 1.807) is 6.08 Å². The molecule has 0 atom stereocenters. The molecule has 246 valence electrons. The fourth-order valence-electron chi connectivity index (χ4n) is 7.56. The molecule has 0 unspecified atom stereocenters. The van der Waals surface area contributed by atoms with Crippen LogP contribution in [0.1, 0.15) is 6.92 Å². The number of nitrogens with zero attached hydrogens (tertiary/aromatic N) is 3. The maximum atomic E-state index is 6.02. The van der Waals surface area contributed by atoms with Crippen molar-refractivity contribution >= 4 is 73.6 Å². The lowest BCUT2D eigenvalue weighted by atomic mass is 10.0. The number of hydrogen-bond acceptors (Lipinski definition) is 2. The summed E-state index contributed by atoms with van der Waals surface area (Å²) >= 11 is 0. The molecule has 6 aromatic carbocycles. The molecule has 0 spiro atoms. The topological polar surface area (TPSA) is 35.9 Å². The zero-order chi connectivity index (χ0) is 34.6. The van der Waals surface area contributed by atoms with Gasteiger partial charge in [0.25, 0.3) is 0 Å². The Hall–Kier alpha value is -5.96. The van der Waals surface area contributed by atoms with Crippen LogP contribution in [0.5, 0.6) is 0 Å². The minimum atomic E-state index is -0.313. The number of hydrogen-bond donors (Lipinski definition) is 0. The van der Waals surface area contributed by atoms with E-state index in [1.807, 2.05) is 31.3 Å². The summed E-state index contributed by atoms with van der Waals surface area (Å²) in [5.74, 6) is 0. The van der Waals surface area contributed by atoms with Gasteiger partial charge in [0.15, 0.2) is 5.58 Å². The van der Waals surface area contributed by atoms with E-state index in [9.17, 15) is 0 Å². The van der Waals surface area contributed by atoms with Crippen molar-refractivity contribution in [1.29, 1.82) is 0 Å². The van der Waals surface area contributed by atoms with Gasteiger partial charge in [-0.2, -0.15) is 0 Å². The Kier molecular flexibility index (Phi) is 7.56. The van der Waals surface area contributed by atoms with Gasteiger partial charge in [0.2, 0.25) is 0 Å². The minimum absolute atomic E-state index is 0.313. The van der Waals surface area contributed by atoms with Crippen molar-refractivity contribution in [2.45, 2.75) is 6.92 Å². The van der Waals surface area contributed by atoms with Gasteiger partial charge in [-0.3, -0.25) is 4.98 Å². The summed E-state index contributed by atoms with van der Waals surface area (Å²) in [4.78, 5) is 4.76. The molecule has 0 aliphatic rings. The van der Waals surface area contributed by atoms with E-state index in [0.717, 1.165) is 38.9 Å². The van der Waals surface area contributed by atoms with E-state index in [1.165, 1.54) is 54.7 Å². The number of rotatable bonds is 4. The molecule has 0 aliphatic carbocycles. The Morgan fingerprint density at radius 1 is 0.549 bits per heavy atom. The van der Waals surface area contributed by atoms with E-state index in [-0.39, 0.29) is 8.07 Å². The molecule has 0 saturated heterocycles. The average molecular weight is 678 g/mol. The lowest BCUT2D eigenvalue weighted by Crippen LogP contribution is -1.94. The van der Waals surface area contributed by atoms with Gasteiger partial charge in [-0.1, -0.05) is 91.0 Å². The highest BCUT2D eigenvalue weighted by molar-refractivity contribution is 7.54. The summed E-state index contributed by atoms with van der Waals surface area (Å²) in [6, 6.07) is 50.5. The van der Waals surface area contributed by atoms with Gasteiger partial charge in [0.05, 0.1) is 34.0 Å². The molecule has 0 bridgehead atoms. The molecule has 4 heterocycles. The molecule has 0 amide bonds. The first-order valence-corrected chi connectivity index (χ1v) is 19.4. The standard InChI is InChI=1S/C43H30N3OP.C3H6/c1-48(2)46-39-13-7-4-10-32(39)35-23-28(18-22-40(35)46)29-17-21-33-31-9-3-6-12-38(31)45(41(33)24-29)30-19-15-27(16-20-30)37-25-36-34-11-5-8-14-42(34)47-43(36)26-44-37;1-3-2/h3-26H,1-2H3;3H,1H2,2H3. The van der Waals surface area contributed by atoms with Crippen molar-refractivity contribution in [3.8, 4) is 28.1 Å². The minimum Gasteiger partial charge on any atom is -0.454 e. The van der Waals surface area contributed by atoms with Crippen LogP contribution >= 0.6 is 8.07 Å². The largest absolute Gasteiger partial charge is 0.454 e. The SMILES string of the molecule is C=CC.CP(C)n1c2ccccc2c2cc(-c3ccc4c5ccccc5n(-c5ccc(-c6cc7c(cn6)oc6ccccc67)cc5)c4c3)ccc21. The third-order valence-electron chi connectivity index (χ3n) is 9.74. The lowest BCUT2D eigenvalue weighted by molar-refractivity contribution is 0.667. The van der Waals surface area contributed by atoms with Gasteiger partial charge in [0, 0.05) is 43.6 Å². The van der Waals surface area contributed by atoms with Crippen molar-refractivity contribution in [3.63, 3.8) is 0 Å². The summed E-state index contributed by atoms with van der Waals surface area (Å²) in [5, 5.41) is 7.32. The third-order valence-corrected chi connectivity index (χ3v) is 11.0. The van der Waals surface area contributed by atoms with Gasteiger partial charge in [-0.15, -0.1) is 6.58 Å². The molecule has 0 N–H and O–H groups in total. The Morgan fingerprint density at radius 3 is 1.90 bits per heavy atom. The fourth-order valence-corrected chi connectivity index (χ4v) is 8.77. The molecule has 0 fully saturated rings. The first-order valence-electron chi connectivity index (χ1n) is 17.2. The van der Waals surface area contributed by atoms with Crippen LogP contribution in [-0.4, -0.2) is 27.2 Å². The smallest absolute Gasteiger partial charge is 0.153 e. The molecule has 51 heavy (non-hydrogen) atoms. The molecule has 5 heteroatoms. The van der Waals surface area contributed by atoms with Crippen LogP contribution in [0, 0.1) is 0 Å². The van der Waals surface area contributed by atoms with Crippen LogP contribution in [-0.2, 0) is 0 Å². The highest BCUT2D eigenvalue weighted by Gasteiger charge is 2.17. The number of allylic oxidation sites excluding steroid dienone is 1. The molecule has 10 aromatic rings. The van der Waals surface area contributed by atoms with Crippen molar-refractivity contribution < 1.29 is 4.42 Å². The molecule has 0 radical (unpaired) electrons. The van der Waals surface area contributed by atoms with Crippen LogP contribution in [0.3, 0.4) is 0 Å². The van der Waals surface area contributed by atoms with Gasteiger partial charge < -0.3 is 13.3 Å². The van der Waals surface area contributed by atoms with Crippen molar-refractivity contribution in [1.82, 2.24) is 13.9 Å². The number of aromatic nitrogens is 3. The van der Waals surface area contributed by atoms with Gasteiger partial charge in [-0.25, -0.2) is 0 Å². The van der Waals surface area contributed by atoms with Crippen LogP contribution < -0.4 is 0 Å². The van der Waals surface area contributed by atoms with E-state index >= 15 is 0 Å². The van der Waals surface area contributed by atoms with Crippen molar-refractivity contribution in [2.75, 3.05) is 13.3 Å². The van der Waals surface area contributed by atoms with E-state index in [4.69, 9.17) is 9.40 Å². The van der Waals surface area contributed by atoms with Crippen LogP contribution in [0.25, 0.3) is 93.6 Å². The molecule has 0 aliphatic heterocycles. The van der Waals surface area contributed by atoms with E-state index in [2.05, 4.69) is 150 Å². The van der Waals surface area contributed by atoms with E-state index in [0.29, 0.717) is 0 Å². The number of benzene rings is 6. The maximum absolute atomic E-state index is 6.02. The average Bonchev–Trinajstić information content (AvgIpc) is 3.82. The second-order valence-electron chi connectivity index (χ2n) is 13.1. The van der Waals surface area contributed by atoms with Crippen LogP contribution in [0.15, 0.2) is 163 Å². The van der Waals surface area contributed by atoms with Crippen LogP contribution in [0.4, 0.5) is 0 Å². The Balaban J connectivity index is 0.00000112. The summed E-state index contributed by atoms with van der Waals surface area (Å²) in [5.41, 5.74) is 12.3. The number of para-hydroxylation sites is 3. The maximum Gasteiger partial charge on any atom is 0.153 e. The second-order valence-corrected chi connectivity index (χ2v) is 15.2. The zero-order valence-electron chi connectivity index (χ0n) is 28.8. The molecule has 10 rings (SSSR count). The lowest BCUT2D eigenvalue weighted by Gasteiger charge is -2.12. The monoisotopic (exact) mass is 677 g/mol. The summed E-state index contributed by atoms with van der Waals surface area (Å²) < 4.78 is 10.9. The number of pyridine rings is 1. The van der Waals surface area contributed by atoms with Crippen molar-refractivity contribution in [3.05, 3.63) is 158 Å². The molecule has 0 saturated carbocycles. The zero-order valence-corrected chi connectivity index (χ0v) is 29.7. The third kappa shape index (κ3) is 5.06. The van der Waals surface area contributed by atoms with Gasteiger partial charge >= 0.3 is 0 Å². The Bertz CT molecular complexity index is 2920. The Morgan fingerprint density at radius 2 is 1.14 bits per heavy atom. The second kappa shape index (κ2) is 12.4. The highest BCUT2D eigenvalue weighted by atomic mass is 31.1. The predicted octanol–water partition coefficient (Wildman–Crippen LogP) is 13.2. The molecule has 4 nitrogen and oxygen atoms in total. The van der Waals surface area contributed by atoms with Gasteiger partial charge in [-0.05, 0) is 94.0 Å². The van der Waals surface area contributed by atoms with E-state index < -0.39 is 0 Å².